The molecule has 1 aliphatic heterocycles. The van der Waals surface area contributed by atoms with Crippen molar-refractivity contribution in [2.45, 2.75) is 51.7 Å². The Morgan fingerprint density at radius 2 is 2.00 bits per heavy atom. The molecule has 6 rings (SSSR count). The number of imidazole rings is 1. The van der Waals surface area contributed by atoms with Gasteiger partial charge in [0.25, 0.3) is 5.56 Å². The first-order valence-electron chi connectivity index (χ1n) is 12.3. The fraction of sp³-hybridized carbons (Fsp3) is 0.423. The number of hydrogen-bond donors (Lipinski definition) is 1. The van der Waals surface area contributed by atoms with Crippen molar-refractivity contribution >= 4 is 28.0 Å². The van der Waals surface area contributed by atoms with Gasteiger partial charge in [-0.2, -0.15) is 4.98 Å². The van der Waals surface area contributed by atoms with Crippen LogP contribution in [0.25, 0.3) is 22.1 Å². The summed E-state index contributed by atoms with van der Waals surface area (Å²) in [6.07, 6.45) is 3.66. The highest BCUT2D eigenvalue weighted by Gasteiger charge is 2.26. The molecule has 1 aliphatic carbocycles. The summed E-state index contributed by atoms with van der Waals surface area (Å²) in [5.74, 6) is 7.04. The molecule has 1 saturated heterocycles. The molecule has 1 unspecified atom stereocenters. The van der Waals surface area contributed by atoms with Gasteiger partial charge in [0, 0.05) is 31.6 Å². The molecule has 0 amide bonds. The van der Waals surface area contributed by atoms with Gasteiger partial charge in [0.05, 0.1) is 24.3 Å². The zero-order chi connectivity index (χ0) is 25.0. The molecule has 4 heterocycles. The number of rotatable bonds is 4. The molecule has 4 aromatic rings. The molecule has 10 nitrogen and oxygen atoms in total. The Morgan fingerprint density at radius 1 is 1.14 bits per heavy atom. The number of aryl methyl sites for hydroxylation is 3. The van der Waals surface area contributed by atoms with Crippen molar-refractivity contribution in [1.82, 2.24) is 28.7 Å². The lowest BCUT2D eigenvalue weighted by Crippen LogP contribution is -2.44. The summed E-state index contributed by atoms with van der Waals surface area (Å²) < 4.78 is 4.45. The summed E-state index contributed by atoms with van der Waals surface area (Å²) in [6, 6.07) is 6.08. The molecular weight excluding hydrogens is 456 g/mol. The first-order chi connectivity index (χ1) is 17.5. The zero-order valence-electron chi connectivity index (χ0n) is 20.5. The third-order valence-electron chi connectivity index (χ3n) is 7.23. The summed E-state index contributed by atoms with van der Waals surface area (Å²) in [7, 11) is 1.64. The lowest BCUT2D eigenvalue weighted by Gasteiger charge is -2.31. The maximum absolute atomic E-state index is 13.8. The van der Waals surface area contributed by atoms with Gasteiger partial charge in [-0.25, -0.2) is 14.8 Å². The standard InChI is InChI=1S/C26H28N8O2/c1-3-4-13-33-22-23(30-25(33)32-12-6-8-17(27)14-32)31(2)26(36)34(24(22)35)15-20-28-18-9-5-7-16-10-11-19(29-20)21(16)18/h5,7,9,17H,6,8,10-15,27H2,1-2H3. The molecule has 0 radical (unpaired) electrons. The van der Waals surface area contributed by atoms with Crippen LogP contribution in [0.2, 0.25) is 0 Å². The number of aromatic nitrogens is 6. The summed E-state index contributed by atoms with van der Waals surface area (Å²) >= 11 is 0. The Hall–Kier alpha value is -3.97. The third kappa shape index (κ3) is 3.50. The summed E-state index contributed by atoms with van der Waals surface area (Å²) in [6.45, 7) is 3.47. The number of nitrogens with two attached hydrogens (primary N) is 1. The molecule has 36 heavy (non-hydrogen) atoms. The molecule has 0 bridgehead atoms. The van der Waals surface area contributed by atoms with Crippen molar-refractivity contribution in [2.24, 2.45) is 12.8 Å². The molecule has 10 heteroatoms. The summed E-state index contributed by atoms with van der Waals surface area (Å²) in [5, 5.41) is 1.09. The Bertz CT molecular complexity index is 1700. The predicted octanol–water partition coefficient (Wildman–Crippen LogP) is 0.938. The summed E-state index contributed by atoms with van der Waals surface area (Å²) in [5.41, 5.74) is 9.12. The second kappa shape index (κ2) is 8.60. The number of nitrogens with zero attached hydrogens (tertiary/aromatic N) is 7. The van der Waals surface area contributed by atoms with E-state index in [-0.39, 0.29) is 12.6 Å². The minimum atomic E-state index is -0.450. The minimum Gasteiger partial charge on any atom is -0.341 e. The van der Waals surface area contributed by atoms with E-state index in [1.807, 2.05) is 16.7 Å². The number of piperidine rings is 1. The van der Waals surface area contributed by atoms with Gasteiger partial charge >= 0.3 is 5.69 Å². The SMILES string of the molecule is CC#CCn1c(N2CCCC(N)C2)nc2c1c(=O)n(Cc1nc3c4c(cccc4n1)CC3)c(=O)n2C. The number of anilines is 1. The van der Waals surface area contributed by atoms with Crippen molar-refractivity contribution in [1.29, 1.82) is 0 Å². The van der Waals surface area contributed by atoms with Crippen LogP contribution in [0.15, 0.2) is 27.8 Å². The predicted molar refractivity (Wildman–Crippen MR) is 138 cm³/mol. The molecule has 0 spiro atoms. The van der Waals surface area contributed by atoms with E-state index in [1.165, 1.54) is 14.7 Å². The van der Waals surface area contributed by atoms with Crippen LogP contribution in [-0.2, 0) is 33.0 Å². The first-order valence-corrected chi connectivity index (χ1v) is 12.3. The Kier molecular flexibility index (Phi) is 5.38. The monoisotopic (exact) mass is 484 g/mol. The molecular formula is C26H28N8O2. The van der Waals surface area contributed by atoms with Gasteiger partial charge in [-0.1, -0.05) is 18.1 Å². The smallest absolute Gasteiger partial charge is 0.332 e. The van der Waals surface area contributed by atoms with E-state index < -0.39 is 11.2 Å². The molecule has 2 aliphatic rings. The van der Waals surface area contributed by atoms with E-state index in [0.717, 1.165) is 48.8 Å². The fourth-order valence-electron chi connectivity index (χ4n) is 5.48. The largest absolute Gasteiger partial charge is 0.341 e. The van der Waals surface area contributed by atoms with Crippen LogP contribution in [0.1, 0.15) is 36.8 Å². The minimum absolute atomic E-state index is 0.0107. The van der Waals surface area contributed by atoms with Crippen molar-refractivity contribution < 1.29 is 0 Å². The third-order valence-corrected chi connectivity index (χ3v) is 7.23. The second-order valence-electron chi connectivity index (χ2n) is 9.58. The van der Waals surface area contributed by atoms with E-state index in [9.17, 15) is 9.59 Å². The van der Waals surface area contributed by atoms with Gasteiger partial charge in [-0.05, 0) is 44.2 Å². The van der Waals surface area contributed by atoms with Gasteiger partial charge in [0.2, 0.25) is 5.95 Å². The average Bonchev–Trinajstić information content (AvgIpc) is 3.47. The Labute approximate surface area is 207 Å². The van der Waals surface area contributed by atoms with Crippen LogP contribution < -0.4 is 21.9 Å². The van der Waals surface area contributed by atoms with Crippen molar-refractivity contribution in [2.75, 3.05) is 18.0 Å². The number of hydrogen-bond acceptors (Lipinski definition) is 7. The number of fused-ring (bicyclic) bond motifs is 1. The second-order valence-corrected chi connectivity index (χ2v) is 9.58. The van der Waals surface area contributed by atoms with Crippen LogP contribution in [0.5, 0.6) is 0 Å². The van der Waals surface area contributed by atoms with Crippen molar-refractivity contribution in [3.63, 3.8) is 0 Å². The van der Waals surface area contributed by atoms with Gasteiger partial charge in [-0.3, -0.25) is 18.5 Å². The van der Waals surface area contributed by atoms with Crippen molar-refractivity contribution in [3.8, 4) is 11.8 Å². The maximum Gasteiger partial charge on any atom is 0.332 e. The molecule has 184 valence electrons. The maximum atomic E-state index is 13.8. The van der Waals surface area contributed by atoms with E-state index in [1.54, 1.807) is 14.0 Å². The molecule has 2 N–H and O–H groups in total. The molecule has 1 aromatic carbocycles. The first kappa shape index (κ1) is 22.5. The Balaban J connectivity index is 1.51. The van der Waals surface area contributed by atoms with E-state index in [0.29, 0.717) is 36.0 Å². The van der Waals surface area contributed by atoms with Crippen molar-refractivity contribution in [3.05, 3.63) is 56.1 Å². The highest BCUT2D eigenvalue weighted by Crippen LogP contribution is 2.28. The lowest BCUT2D eigenvalue weighted by atomic mass is 10.1. The Morgan fingerprint density at radius 3 is 2.81 bits per heavy atom. The molecule has 3 aromatic heterocycles. The van der Waals surface area contributed by atoms with Gasteiger partial charge in [0.15, 0.2) is 11.2 Å². The number of benzene rings is 1. The normalized spacial score (nSPS) is 17.1. The van der Waals surface area contributed by atoms with Gasteiger partial charge in [0.1, 0.15) is 5.82 Å². The highest BCUT2D eigenvalue weighted by atomic mass is 16.2. The quantitative estimate of drug-likeness (QED) is 0.429. The molecule has 0 saturated carbocycles. The van der Waals surface area contributed by atoms with Crippen LogP contribution in [0.3, 0.4) is 0 Å². The van der Waals surface area contributed by atoms with Gasteiger partial charge < -0.3 is 10.6 Å². The zero-order valence-corrected chi connectivity index (χ0v) is 20.5. The lowest BCUT2D eigenvalue weighted by molar-refractivity contribution is 0.496. The van der Waals surface area contributed by atoms with Crippen LogP contribution in [0, 0.1) is 11.8 Å². The molecule has 1 fully saturated rings. The topological polar surface area (TPSA) is 117 Å². The average molecular weight is 485 g/mol. The van der Waals surface area contributed by atoms with E-state index in [2.05, 4.69) is 22.8 Å². The molecule has 1 atom stereocenters. The summed E-state index contributed by atoms with van der Waals surface area (Å²) in [4.78, 5) is 43.4. The van der Waals surface area contributed by atoms with Gasteiger partial charge in [-0.15, -0.1) is 5.92 Å². The van der Waals surface area contributed by atoms with E-state index in [4.69, 9.17) is 20.7 Å². The van der Waals surface area contributed by atoms with Crippen LogP contribution >= 0.6 is 0 Å². The van der Waals surface area contributed by atoms with Crippen LogP contribution in [-0.4, -0.2) is 47.8 Å². The fourth-order valence-corrected chi connectivity index (χ4v) is 5.48. The van der Waals surface area contributed by atoms with Crippen LogP contribution in [0.4, 0.5) is 5.95 Å². The van der Waals surface area contributed by atoms with E-state index >= 15 is 0 Å². The highest BCUT2D eigenvalue weighted by molar-refractivity contribution is 5.86.